The number of benzene rings is 1. The Balaban J connectivity index is 1.56. The lowest BCUT2D eigenvalue weighted by atomic mass is 10.1. The fourth-order valence-electron chi connectivity index (χ4n) is 2.28. The zero-order valence-corrected chi connectivity index (χ0v) is 11.7. The molecule has 0 radical (unpaired) electrons. The Hall–Kier alpha value is -2.20. The van der Waals surface area contributed by atoms with Gasteiger partial charge in [0.15, 0.2) is 0 Å². The number of ether oxygens (including phenoxy) is 1. The molecule has 1 aromatic carbocycles. The van der Waals surface area contributed by atoms with Crippen molar-refractivity contribution >= 4 is 11.8 Å². The number of fused-ring (bicyclic) bond motifs is 1. The van der Waals surface area contributed by atoms with E-state index >= 15 is 0 Å². The highest BCUT2D eigenvalue weighted by molar-refractivity contribution is 5.51. The van der Waals surface area contributed by atoms with Gasteiger partial charge in [-0.3, -0.25) is 4.98 Å². The van der Waals surface area contributed by atoms with Crippen LogP contribution in [0.1, 0.15) is 16.8 Å². The number of nitrogens with zero attached hydrogens (tertiary/aromatic N) is 1. The van der Waals surface area contributed by atoms with Crippen molar-refractivity contribution in [1.29, 1.82) is 0 Å². The molecule has 3 rings (SSSR count). The number of anilines is 1. The van der Waals surface area contributed by atoms with Crippen LogP contribution in [0.2, 0.25) is 0 Å². The highest BCUT2D eigenvalue weighted by Gasteiger charge is 2.10. The summed E-state index contributed by atoms with van der Waals surface area (Å²) in [5.41, 5.74) is 4.26. The zero-order valence-electron chi connectivity index (χ0n) is 11.7. The highest BCUT2D eigenvalue weighted by atomic mass is 19.1. The molecule has 108 valence electrons. The summed E-state index contributed by atoms with van der Waals surface area (Å²) in [5.74, 6) is -0.215. The van der Waals surface area contributed by atoms with Crippen molar-refractivity contribution in [2.24, 2.45) is 0 Å². The van der Waals surface area contributed by atoms with Crippen molar-refractivity contribution < 1.29 is 9.13 Å². The van der Waals surface area contributed by atoms with Crippen LogP contribution in [-0.2, 0) is 17.8 Å². The van der Waals surface area contributed by atoms with E-state index in [2.05, 4.69) is 16.4 Å². The van der Waals surface area contributed by atoms with E-state index in [9.17, 15) is 4.39 Å². The number of nitrogens with one attached hydrogen (secondary N) is 1. The lowest BCUT2D eigenvalue weighted by Crippen LogP contribution is -2.12. The van der Waals surface area contributed by atoms with Gasteiger partial charge in [0.05, 0.1) is 25.1 Å². The molecule has 0 fully saturated rings. The quantitative estimate of drug-likeness (QED) is 0.934. The van der Waals surface area contributed by atoms with Crippen LogP contribution in [0.5, 0.6) is 0 Å². The minimum absolute atomic E-state index is 0.215. The van der Waals surface area contributed by atoms with Crippen molar-refractivity contribution in [3.05, 3.63) is 65.2 Å². The summed E-state index contributed by atoms with van der Waals surface area (Å²) in [7, 11) is 0. The molecule has 0 spiro atoms. The Bertz CT molecular complexity index is 638. The average Bonchev–Trinajstić information content (AvgIpc) is 2.53. The molecule has 0 amide bonds. The Kier molecular flexibility index (Phi) is 4.26. The Morgan fingerprint density at radius 2 is 2.14 bits per heavy atom. The molecular weight excluding hydrogens is 267 g/mol. The smallest absolute Gasteiger partial charge is 0.123 e. The molecule has 1 aliphatic rings. The first-order chi connectivity index (χ1) is 10.3. The third kappa shape index (κ3) is 3.67. The topological polar surface area (TPSA) is 34.2 Å². The maximum Gasteiger partial charge on any atom is 0.123 e. The van der Waals surface area contributed by atoms with Crippen LogP contribution >= 0.6 is 0 Å². The van der Waals surface area contributed by atoms with Crippen molar-refractivity contribution in [3.63, 3.8) is 0 Å². The van der Waals surface area contributed by atoms with E-state index in [4.69, 9.17) is 4.74 Å². The standard InChI is InChI=1S/C17H17FN2O/c18-15-5-3-13(4-6-15)2-1-8-19-16-10-14-12-21-9-7-17(14)20-11-16/h1-6,10-11,19H,7-9,12H2/b2-1+. The molecule has 0 bridgehead atoms. The third-order valence-electron chi connectivity index (χ3n) is 3.40. The van der Waals surface area contributed by atoms with Gasteiger partial charge in [-0.05, 0) is 23.8 Å². The van der Waals surface area contributed by atoms with Gasteiger partial charge in [-0.25, -0.2) is 4.39 Å². The number of aromatic nitrogens is 1. The molecule has 0 atom stereocenters. The third-order valence-corrected chi connectivity index (χ3v) is 3.40. The summed E-state index contributed by atoms with van der Waals surface area (Å²) in [6.45, 7) is 2.09. The first kappa shape index (κ1) is 13.8. The first-order valence-corrected chi connectivity index (χ1v) is 7.03. The Morgan fingerprint density at radius 3 is 3.00 bits per heavy atom. The van der Waals surface area contributed by atoms with Crippen LogP contribution in [0, 0.1) is 5.82 Å². The number of halogens is 1. The Morgan fingerprint density at radius 1 is 1.29 bits per heavy atom. The van der Waals surface area contributed by atoms with Crippen molar-refractivity contribution in [3.8, 4) is 0 Å². The van der Waals surface area contributed by atoms with Gasteiger partial charge in [0.2, 0.25) is 0 Å². The molecule has 1 aromatic heterocycles. The predicted molar refractivity (Wildman–Crippen MR) is 81.5 cm³/mol. The second-order valence-corrected chi connectivity index (χ2v) is 4.97. The molecule has 1 aliphatic heterocycles. The number of pyridine rings is 1. The second kappa shape index (κ2) is 6.50. The van der Waals surface area contributed by atoms with Crippen molar-refractivity contribution in [2.75, 3.05) is 18.5 Å². The number of rotatable bonds is 4. The minimum Gasteiger partial charge on any atom is -0.380 e. The highest BCUT2D eigenvalue weighted by Crippen LogP contribution is 2.18. The van der Waals surface area contributed by atoms with E-state index in [0.717, 1.165) is 35.5 Å². The maximum atomic E-state index is 12.8. The molecule has 4 heteroatoms. The normalized spacial score (nSPS) is 14.1. The lowest BCUT2D eigenvalue weighted by Gasteiger charge is -2.16. The predicted octanol–water partition coefficient (Wildman–Crippen LogP) is 3.42. The SMILES string of the molecule is Fc1ccc(/C=C/CNc2cnc3c(c2)COCC3)cc1. The lowest BCUT2D eigenvalue weighted by molar-refractivity contribution is 0.109. The number of hydrogen-bond acceptors (Lipinski definition) is 3. The Labute approximate surface area is 123 Å². The number of hydrogen-bond donors (Lipinski definition) is 1. The monoisotopic (exact) mass is 284 g/mol. The fraction of sp³-hybridized carbons (Fsp3) is 0.235. The summed E-state index contributed by atoms with van der Waals surface area (Å²) in [5, 5.41) is 3.30. The van der Waals surface area contributed by atoms with E-state index in [1.165, 1.54) is 12.1 Å². The van der Waals surface area contributed by atoms with Gasteiger partial charge >= 0.3 is 0 Å². The second-order valence-electron chi connectivity index (χ2n) is 4.97. The minimum atomic E-state index is -0.215. The molecule has 3 nitrogen and oxygen atoms in total. The van der Waals surface area contributed by atoms with Gasteiger partial charge in [-0.2, -0.15) is 0 Å². The molecule has 0 saturated carbocycles. The fourth-order valence-corrected chi connectivity index (χ4v) is 2.28. The summed E-state index contributed by atoms with van der Waals surface area (Å²) < 4.78 is 18.2. The molecule has 0 saturated heterocycles. The van der Waals surface area contributed by atoms with E-state index in [1.54, 1.807) is 12.1 Å². The van der Waals surface area contributed by atoms with Crippen LogP contribution in [0.15, 0.2) is 42.6 Å². The molecule has 0 aliphatic carbocycles. The van der Waals surface area contributed by atoms with Gasteiger partial charge in [0, 0.05) is 24.2 Å². The van der Waals surface area contributed by atoms with E-state index < -0.39 is 0 Å². The summed E-state index contributed by atoms with van der Waals surface area (Å²) in [6.07, 6.45) is 6.71. The van der Waals surface area contributed by atoms with Crippen LogP contribution in [0.3, 0.4) is 0 Å². The molecule has 2 heterocycles. The van der Waals surface area contributed by atoms with E-state index in [-0.39, 0.29) is 5.82 Å². The van der Waals surface area contributed by atoms with Crippen LogP contribution in [-0.4, -0.2) is 18.1 Å². The summed E-state index contributed by atoms with van der Waals surface area (Å²) in [6, 6.07) is 8.52. The molecule has 1 N–H and O–H groups in total. The zero-order chi connectivity index (χ0) is 14.5. The summed E-state index contributed by atoms with van der Waals surface area (Å²) >= 11 is 0. The molecule has 0 unspecified atom stereocenters. The van der Waals surface area contributed by atoms with E-state index in [1.807, 2.05) is 18.3 Å². The van der Waals surface area contributed by atoms with Gasteiger partial charge in [0.1, 0.15) is 5.82 Å². The summed E-state index contributed by atoms with van der Waals surface area (Å²) in [4.78, 5) is 4.46. The van der Waals surface area contributed by atoms with Gasteiger partial charge in [-0.15, -0.1) is 0 Å². The van der Waals surface area contributed by atoms with Gasteiger partial charge < -0.3 is 10.1 Å². The van der Waals surface area contributed by atoms with Crippen molar-refractivity contribution in [2.45, 2.75) is 13.0 Å². The van der Waals surface area contributed by atoms with Crippen molar-refractivity contribution in [1.82, 2.24) is 4.98 Å². The van der Waals surface area contributed by atoms with Gasteiger partial charge in [-0.1, -0.05) is 24.3 Å². The molecular formula is C17H17FN2O. The van der Waals surface area contributed by atoms with Crippen LogP contribution in [0.4, 0.5) is 10.1 Å². The maximum absolute atomic E-state index is 12.8. The van der Waals surface area contributed by atoms with E-state index in [0.29, 0.717) is 13.2 Å². The first-order valence-electron chi connectivity index (χ1n) is 7.03. The largest absolute Gasteiger partial charge is 0.380 e. The van der Waals surface area contributed by atoms with Gasteiger partial charge in [0.25, 0.3) is 0 Å². The average molecular weight is 284 g/mol. The van der Waals surface area contributed by atoms with Crippen LogP contribution < -0.4 is 5.32 Å². The van der Waals surface area contributed by atoms with Crippen LogP contribution in [0.25, 0.3) is 6.08 Å². The molecule has 2 aromatic rings. The molecule has 21 heavy (non-hydrogen) atoms.